The molecule has 152 valence electrons. The van der Waals surface area contributed by atoms with Crippen LogP contribution in [0.1, 0.15) is 18.9 Å². The van der Waals surface area contributed by atoms with Crippen molar-refractivity contribution in [2.45, 2.75) is 32.5 Å². The maximum absolute atomic E-state index is 11.6. The van der Waals surface area contributed by atoms with E-state index >= 15 is 0 Å². The van der Waals surface area contributed by atoms with Gasteiger partial charge in [-0.25, -0.2) is 14.6 Å². The molecular formula is C21H26N6O2. The van der Waals surface area contributed by atoms with E-state index in [1.807, 2.05) is 0 Å². The topological polar surface area (TPSA) is 76.4 Å². The lowest BCUT2D eigenvalue weighted by Gasteiger charge is -2.26. The number of hydrogen-bond acceptors (Lipinski definition) is 7. The van der Waals surface area contributed by atoms with Crippen molar-refractivity contribution in [1.82, 2.24) is 24.6 Å². The first-order valence-corrected chi connectivity index (χ1v) is 9.92. The van der Waals surface area contributed by atoms with Crippen molar-refractivity contribution < 1.29 is 9.53 Å². The molecule has 0 N–H and O–H groups in total. The van der Waals surface area contributed by atoms with Crippen molar-refractivity contribution in [3.8, 4) is 0 Å². The minimum atomic E-state index is -0.352. The first-order valence-electron chi connectivity index (χ1n) is 9.92. The number of benzene rings is 1. The van der Waals surface area contributed by atoms with Crippen LogP contribution in [0.3, 0.4) is 0 Å². The van der Waals surface area contributed by atoms with Gasteiger partial charge < -0.3 is 9.64 Å². The molecule has 0 aliphatic carbocycles. The van der Waals surface area contributed by atoms with Crippen LogP contribution in [0.5, 0.6) is 0 Å². The van der Waals surface area contributed by atoms with Gasteiger partial charge in [0.15, 0.2) is 5.65 Å². The van der Waals surface area contributed by atoms with Crippen molar-refractivity contribution in [2.75, 3.05) is 31.6 Å². The van der Waals surface area contributed by atoms with E-state index in [9.17, 15) is 4.79 Å². The second-order valence-electron chi connectivity index (χ2n) is 7.39. The summed E-state index contributed by atoms with van der Waals surface area (Å²) in [6.45, 7) is 6.03. The summed E-state index contributed by atoms with van der Waals surface area (Å²) >= 11 is 0. The Balaban J connectivity index is 1.53. The van der Waals surface area contributed by atoms with Crippen LogP contribution >= 0.6 is 0 Å². The molecule has 3 heterocycles. The number of hydrogen-bond donors (Lipinski definition) is 0. The second kappa shape index (κ2) is 8.57. The Morgan fingerprint density at radius 1 is 1.17 bits per heavy atom. The molecule has 0 radical (unpaired) electrons. The number of nitrogens with zero attached hydrogens (tertiary/aromatic N) is 6. The van der Waals surface area contributed by atoms with Gasteiger partial charge in [0.2, 0.25) is 0 Å². The van der Waals surface area contributed by atoms with Crippen LogP contribution in [0.4, 0.5) is 5.82 Å². The fourth-order valence-corrected chi connectivity index (χ4v) is 3.81. The van der Waals surface area contributed by atoms with Gasteiger partial charge in [-0.1, -0.05) is 30.3 Å². The standard InChI is InChI=1S/C21H26N6O2/c1-16-8-9-25(10-11-26(16)13-17-6-4-3-5-7-17)20-18-12-24-27(14-19(28)29-2)21(18)23-15-22-20/h3-7,12,15-16H,8-11,13-14H2,1-2H3. The summed E-state index contributed by atoms with van der Waals surface area (Å²) in [5, 5.41) is 5.19. The number of esters is 1. The molecule has 0 saturated carbocycles. The molecule has 1 atom stereocenters. The van der Waals surface area contributed by atoms with Crippen LogP contribution in [-0.4, -0.2) is 63.4 Å². The maximum atomic E-state index is 11.6. The molecule has 1 fully saturated rings. The minimum Gasteiger partial charge on any atom is -0.468 e. The molecule has 1 saturated heterocycles. The van der Waals surface area contributed by atoms with E-state index in [4.69, 9.17) is 4.74 Å². The zero-order chi connectivity index (χ0) is 20.2. The summed E-state index contributed by atoms with van der Waals surface area (Å²) in [5.74, 6) is 0.523. The molecule has 8 nitrogen and oxygen atoms in total. The van der Waals surface area contributed by atoms with Crippen LogP contribution < -0.4 is 4.90 Å². The molecule has 1 aliphatic heterocycles. The highest BCUT2D eigenvalue weighted by Gasteiger charge is 2.24. The Bertz CT molecular complexity index is 974. The molecule has 1 aliphatic rings. The third kappa shape index (κ3) is 4.22. The van der Waals surface area contributed by atoms with Crippen molar-refractivity contribution in [3.05, 3.63) is 48.4 Å². The third-order valence-electron chi connectivity index (χ3n) is 5.54. The van der Waals surface area contributed by atoms with Crippen LogP contribution in [0, 0.1) is 0 Å². The number of anilines is 1. The maximum Gasteiger partial charge on any atom is 0.327 e. The molecule has 4 rings (SSSR count). The molecule has 0 bridgehead atoms. The van der Waals surface area contributed by atoms with Gasteiger partial charge in [-0.2, -0.15) is 5.10 Å². The molecule has 0 amide bonds. The van der Waals surface area contributed by atoms with Crippen LogP contribution in [0.15, 0.2) is 42.9 Å². The van der Waals surface area contributed by atoms with Gasteiger partial charge in [-0.15, -0.1) is 0 Å². The van der Waals surface area contributed by atoms with E-state index < -0.39 is 0 Å². The van der Waals surface area contributed by atoms with E-state index in [1.54, 1.807) is 17.2 Å². The van der Waals surface area contributed by atoms with Crippen LogP contribution in [0.2, 0.25) is 0 Å². The number of aromatic nitrogens is 4. The number of carbonyl (C=O) groups excluding carboxylic acids is 1. The van der Waals surface area contributed by atoms with Crippen molar-refractivity contribution in [3.63, 3.8) is 0 Å². The van der Waals surface area contributed by atoms with E-state index in [-0.39, 0.29) is 12.5 Å². The van der Waals surface area contributed by atoms with Gasteiger partial charge in [-0.05, 0) is 18.9 Å². The summed E-state index contributed by atoms with van der Waals surface area (Å²) < 4.78 is 6.31. The predicted molar refractivity (Wildman–Crippen MR) is 110 cm³/mol. The summed E-state index contributed by atoms with van der Waals surface area (Å²) in [6, 6.07) is 11.1. The van der Waals surface area contributed by atoms with Gasteiger partial charge in [-0.3, -0.25) is 9.69 Å². The largest absolute Gasteiger partial charge is 0.468 e. The summed E-state index contributed by atoms with van der Waals surface area (Å²) in [4.78, 5) is 25.3. The predicted octanol–water partition coefficient (Wildman–Crippen LogP) is 2.10. The third-order valence-corrected chi connectivity index (χ3v) is 5.54. The second-order valence-corrected chi connectivity index (χ2v) is 7.39. The average molecular weight is 394 g/mol. The van der Waals surface area contributed by atoms with Crippen LogP contribution in [0.25, 0.3) is 11.0 Å². The van der Waals surface area contributed by atoms with E-state index in [2.05, 4.69) is 62.1 Å². The Morgan fingerprint density at radius 3 is 2.79 bits per heavy atom. The fourth-order valence-electron chi connectivity index (χ4n) is 3.81. The normalized spacial score (nSPS) is 18.0. The summed E-state index contributed by atoms with van der Waals surface area (Å²) in [5.41, 5.74) is 1.99. The monoisotopic (exact) mass is 394 g/mol. The zero-order valence-electron chi connectivity index (χ0n) is 16.9. The van der Waals surface area contributed by atoms with Crippen LogP contribution in [-0.2, 0) is 22.6 Å². The lowest BCUT2D eigenvalue weighted by atomic mass is 10.1. The molecule has 1 unspecified atom stereocenters. The summed E-state index contributed by atoms with van der Waals surface area (Å²) in [7, 11) is 1.37. The molecular weight excluding hydrogens is 368 g/mol. The smallest absolute Gasteiger partial charge is 0.327 e. The highest BCUT2D eigenvalue weighted by molar-refractivity contribution is 5.87. The SMILES string of the molecule is COC(=O)Cn1ncc2c(N3CCC(C)N(Cc4ccccc4)CC3)ncnc21. The quantitative estimate of drug-likeness (QED) is 0.614. The molecule has 3 aromatic rings. The Morgan fingerprint density at radius 2 is 2.00 bits per heavy atom. The van der Waals surface area contributed by atoms with Gasteiger partial charge >= 0.3 is 5.97 Å². The Labute approximate surface area is 170 Å². The number of ether oxygens (including phenoxy) is 1. The molecule has 2 aromatic heterocycles. The number of rotatable bonds is 5. The first-order chi connectivity index (χ1) is 14.2. The lowest BCUT2D eigenvalue weighted by molar-refractivity contribution is -0.141. The van der Waals surface area contributed by atoms with E-state index in [1.165, 1.54) is 12.7 Å². The van der Waals surface area contributed by atoms with Crippen molar-refractivity contribution in [2.24, 2.45) is 0 Å². The number of fused-ring (bicyclic) bond motifs is 1. The van der Waals surface area contributed by atoms with Gasteiger partial charge in [0.25, 0.3) is 0 Å². The molecule has 29 heavy (non-hydrogen) atoms. The zero-order valence-corrected chi connectivity index (χ0v) is 16.9. The highest BCUT2D eigenvalue weighted by Crippen LogP contribution is 2.25. The minimum absolute atomic E-state index is 0.0400. The van der Waals surface area contributed by atoms with Gasteiger partial charge in [0.05, 0.1) is 18.7 Å². The lowest BCUT2D eigenvalue weighted by Crippen LogP contribution is -2.34. The molecule has 1 aromatic carbocycles. The number of carbonyl (C=O) groups is 1. The van der Waals surface area contributed by atoms with Crippen molar-refractivity contribution in [1.29, 1.82) is 0 Å². The van der Waals surface area contributed by atoms with E-state index in [0.717, 1.165) is 43.8 Å². The van der Waals surface area contributed by atoms with Crippen molar-refractivity contribution >= 4 is 22.8 Å². The summed E-state index contributed by atoms with van der Waals surface area (Å²) in [6.07, 6.45) is 4.33. The average Bonchev–Trinajstić information content (AvgIpc) is 3.07. The molecule has 8 heteroatoms. The first kappa shape index (κ1) is 19.3. The van der Waals surface area contributed by atoms with Gasteiger partial charge in [0.1, 0.15) is 18.7 Å². The number of methoxy groups -OCH3 is 1. The fraction of sp³-hybridized carbons (Fsp3) is 0.429. The Hall–Kier alpha value is -3.00. The van der Waals surface area contributed by atoms with Gasteiger partial charge in [0, 0.05) is 32.2 Å². The van der Waals surface area contributed by atoms with E-state index in [0.29, 0.717) is 11.7 Å². The molecule has 0 spiro atoms. The Kier molecular flexibility index (Phi) is 5.71. The highest BCUT2D eigenvalue weighted by atomic mass is 16.5.